The van der Waals surface area contributed by atoms with Crippen LogP contribution in [0, 0.1) is 25.7 Å². The monoisotopic (exact) mass is 376 g/mol. The molecule has 0 aromatic rings. The molecule has 0 rings (SSSR count). The van der Waals surface area contributed by atoms with Crippen molar-refractivity contribution in [1.29, 1.82) is 0 Å². The van der Waals surface area contributed by atoms with E-state index in [0.717, 1.165) is 24.7 Å². The molecule has 0 N–H and O–H groups in total. The molecule has 0 heteroatoms. The molecule has 0 spiro atoms. The summed E-state index contributed by atoms with van der Waals surface area (Å²) in [4.78, 5) is 0. The van der Waals surface area contributed by atoms with E-state index < -0.39 is 0 Å². The summed E-state index contributed by atoms with van der Waals surface area (Å²) in [6.07, 6.45) is 30.6. The topological polar surface area (TPSA) is 0 Å². The van der Waals surface area contributed by atoms with Gasteiger partial charge >= 0.3 is 0 Å². The van der Waals surface area contributed by atoms with Crippen LogP contribution in [0.1, 0.15) is 136 Å². The predicted octanol–water partition coefficient (Wildman–Crippen LogP) is 9.89. The zero-order chi connectivity index (χ0) is 20.0. The van der Waals surface area contributed by atoms with Crippen LogP contribution in [0.3, 0.4) is 0 Å². The minimum Gasteiger partial charge on any atom is -0.0885 e. The Labute approximate surface area is 174 Å². The smallest absolute Gasteiger partial charge is 0.0351 e. The number of rotatable bonds is 21. The van der Waals surface area contributed by atoms with E-state index in [1.165, 1.54) is 109 Å². The second kappa shape index (κ2) is 22.0. The summed E-state index contributed by atoms with van der Waals surface area (Å²) in [6.45, 7) is 12.7. The molecule has 0 fully saturated rings. The Hall–Kier alpha value is -0.260. The van der Waals surface area contributed by atoms with E-state index in [0.29, 0.717) is 0 Å². The Morgan fingerprint density at radius 1 is 0.593 bits per heavy atom. The maximum absolute atomic E-state index is 3.93. The van der Waals surface area contributed by atoms with Crippen LogP contribution < -0.4 is 0 Å². The molecule has 0 aliphatic heterocycles. The summed E-state index contributed by atoms with van der Waals surface area (Å²) in [5.74, 6) is 1.89. The van der Waals surface area contributed by atoms with Crippen molar-refractivity contribution in [3.63, 3.8) is 0 Å². The summed E-state index contributed by atoms with van der Waals surface area (Å²) in [7, 11) is 0. The molecular weight excluding hydrogens is 324 g/mol. The molecule has 0 aromatic heterocycles. The maximum atomic E-state index is 3.93. The van der Waals surface area contributed by atoms with Crippen molar-refractivity contribution in [2.75, 3.05) is 0 Å². The van der Waals surface area contributed by atoms with Gasteiger partial charge in [0.2, 0.25) is 0 Å². The summed E-state index contributed by atoms with van der Waals surface area (Å²) in [6, 6.07) is 0. The first-order valence-corrected chi connectivity index (χ1v) is 12.5. The van der Waals surface area contributed by atoms with Gasteiger partial charge in [-0.3, -0.25) is 0 Å². The van der Waals surface area contributed by atoms with E-state index in [9.17, 15) is 0 Å². The fraction of sp³-hybridized carbons (Fsp3) is 0.852. The molecule has 2 atom stereocenters. The third kappa shape index (κ3) is 20.3. The van der Waals surface area contributed by atoms with Crippen LogP contribution in [0.2, 0.25) is 0 Å². The van der Waals surface area contributed by atoms with Gasteiger partial charge in [-0.05, 0) is 37.5 Å². The molecule has 0 saturated carbocycles. The summed E-state index contributed by atoms with van der Waals surface area (Å²) < 4.78 is 0. The summed E-state index contributed by atoms with van der Waals surface area (Å²) in [5, 5.41) is 0. The Bertz CT molecular complexity index is 290. The van der Waals surface area contributed by atoms with Gasteiger partial charge in [-0.1, -0.05) is 136 Å². The van der Waals surface area contributed by atoms with E-state index in [4.69, 9.17) is 0 Å². The quantitative estimate of drug-likeness (QED) is 0.138. The van der Waals surface area contributed by atoms with E-state index >= 15 is 0 Å². The second-order valence-electron chi connectivity index (χ2n) is 8.83. The third-order valence-corrected chi connectivity index (χ3v) is 6.11. The highest BCUT2D eigenvalue weighted by Crippen LogP contribution is 2.24. The van der Waals surface area contributed by atoms with Crippen molar-refractivity contribution in [2.45, 2.75) is 136 Å². The Kier molecular flexibility index (Phi) is 21.8. The van der Waals surface area contributed by atoms with Gasteiger partial charge in [-0.2, -0.15) is 0 Å². The average molecular weight is 377 g/mol. The second-order valence-corrected chi connectivity index (χ2v) is 8.83. The van der Waals surface area contributed by atoms with Crippen LogP contribution in [0.15, 0.2) is 12.2 Å². The van der Waals surface area contributed by atoms with E-state index in [2.05, 4.69) is 39.8 Å². The lowest BCUT2D eigenvalue weighted by molar-refractivity contribution is 0.355. The summed E-state index contributed by atoms with van der Waals surface area (Å²) in [5.41, 5.74) is 0. The highest BCUT2D eigenvalue weighted by molar-refractivity contribution is 4.81. The van der Waals surface area contributed by atoms with E-state index in [-0.39, 0.29) is 0 Å². The van der Waals surface area contributed by atoms with Crippen LogP contribution in [-0.4, -0.2) is 0 Å². The van der Waals surface area contributed by atoms with E-state index in [1.54, 1.807) is 0 Å². The van der Waals surface area contributed by atoms with Crippen LogP contribution >= 0.6 is 0 Å². The SMILES string of the molecule is [CH2]CCCCCC=CCCCC(C)CCC(CC)CCCCCCCC[CH2]. The molecule has 0 heterocycles. The van der Waals surface area contributed by atoms with Gasteiger partial charge in [0.25, 0.3) is 0 Å². The summed E-state index contributed by atoms with van der Waals surface area (Å²) >= 11 is 0. The standard InChI is InChI=1S/C27H52/c1-5-8-10-12-14-15-17-18-20-22-26(4)24-25-27(7-3)23-21-19-16-13-11-9-6-2/h15,17,26-27H,1-2,5-14,16,18-25H2,3-4H3. The largest absolute Gasteiger partial charge is 0.0885 e. The number of hydrogen-bond donors (Lipinski definition) is 0. The van der Waals surface area contributed by atoms with Crippen molar-refractivity contribution < 1.29 is 0 Å². The fourth-order valence-corrected chi connectivity index (χ4v) is 3.97. The molecule has 2 radical (unpaired) electrons. The molecule has 0 aliphatic carbocycles. The molecule has 0 saturated heterocycles. The Morgan fingerprint density at radius 2 is 1.15 bits per heavy atom. The molecule has 0 nitrogen and oxygen atoms in total. The molecular formula is C27H52. The predicted molar refractivity (Wildman–Crippen MR) is 126 cm³/mol. The molecule has 0 amide bonds. The molecule has 0 aliphatic rings. The molecule has 0 aromatic carbocycles. The number of unbranched alkanes of at least 4 members (excludes halogenated alkanes) is 11. The van der Waals surface area contributed by atoms with Crippen LogP contribution in [0.25, 0.3) is 0 Å². The van der Waals surface area contributed by atoms with Crippen molar-refractivity contribution in [3.8, 4) is 0 Å². The first-order chi connectivity index (χ1) is 13.2. The normalized spacial score (nSPS) is 14.1. The third-order valence-electron chi connectivity index (χ3n) is 6.11. The average Bonchev–Trinajstić information content (AvgIpc) is 2.68. The maximum Gasteiger partial charge on any atom is -0.0351 e. The molecule has 2 unspecified atom stereocenters. The van der Waals surface area contributed by atoms with Gasteiger partial charge in [0.05, 0.1) is 0 Å². The molecule has 27 heavy (non-hydrogen) atoms. The van der Waals surface area contributed by atoms with Crippen molar-refractivity contribution >= 4 is 0 Å². The number of hydrogen-bond acceptors (Lipinski definition) is 0. The first kappa shape index (κ1) is 26.7. The molecule has 160 valence electrons. The Balaban J connectivity index is 3.53. The fourth-order valence-electron chi connectivity index (χ4n) is 3.97. The Morgan fingerprint density at radius 3 is 1.78 bits per heavy atom. The van der Waals surface area contributed by atoms with Gasteiger partial charge in [-0.25, -0.2) is 0 Å². The zero-order valence-electron chi connectivity index (χ0n) is 19.2. The van der Waals surface area contributed by atoms with Crippen LogP contribution in [-0.2, 0) is 0 Å². The minimum atomic E-state index is 0.909. The highest BCUT2D eigenvalue weighted by atomic mass is 14.1. The zero-order valence-corrected chi connectivity index (χ0v) is 19.2. The van der Waals surface area contributed by atoms with Gasteiger partial charge in [0, 0.05) is 0 Å². The lowest BCUT2D eigenvalue weighted by Crippen LogP contribution is -2.03. The van der Waals surface area contributed by atoms with Crippen LogP contribution in [0.5, 0.6) is 0 Å². The van der Waals surface area contributed by atoms with Crippen LogP contribution in [0.4, 0.5) is 0 Å². The van der Waals surface area contributed by atoms with Gasteiger partial charge in [0.15, 0.2) is 0 Å². The minimum absolute atomic E-state index is 0.909. The van der Waals surface area contributed by atoms with Gasteiger partial charge in [-0.15, -0.1) is 0 Å². The lowest BCUT2D eigenvalue weighted by atomic mass is 9.88. The van der Waals surface area contributed by atoms with Gasteiger partial charge < -0.3 is 0 Å². The lowest BCUT2D eigenvalue weighted by Gasteiger charge is -2.17. The highest BCUT2D eigenvalue weighted by Gasteiger charge is 2.09. The van der Waals surface area contributed by atoms with Crippen molar-refractivity contribution in [1.82, 2.24) is 0 Å². The van der Waals surface area contributed by atoms with Crippen molar-refractivity contribution in [3.05, 3.63) is 26.0 Å². The van der Waals surface area contributed by atoms with Gasteiger partial charge in [0.1, 0.15) is 0 Å². The first-order valence-electron chi connectivity index (χ1n) is 12.5. The van der Waals surface area contributed by atoms with E-state index in [1.807, 2.05) is 0 Å². The molecule has 0 bridgehead atoms. The van der Waals surface area contributed by atoms with Crippen molar-refractivity contribution in [2.24, 2.45) is 11.8 Å². The number of allylic oxidation sites excluding steroid dienone is 2.